The molecule has 1 heterocycles. The molecule has 0 saturated heterocycles. The molecule has 0 radical (unpaired) electrons. The summed E-state index contributed by atoms with van der Waals surface area (Å²) in [7, 11) is 0. The van der Waals surface area contributed by atoms with Gasteiger partial charge in [-0.15, -0.1) is 0 Å². The fourth-order valence-electron chi connectivity index (χ4n) is 2.72. The molecule has 0 bridgehead atoms. The Hall–Kier alpha value is -0.960. The molecular weight excluding hydrogens is 210 g/mol. The van der Waals surface area contributed by atoms with Gasteiger partial charge in [-0.3, -0.25) is 0 Å². The van der Waals surface area contributed by atoms with Crippen LogP contribution in [0.2, 0.25) is 0 Å². The molecule has 0 spiro atoms. The van der Waals surface area contributed by atoms with E-state index < -0.39 is 0 Å². The summed E-state index contributed by atoms with van der Waals surface area (Å²) in [5.41, 5.74) is 1.13. The van der Waals surface area contributed by atoms with Gasteiger partial charge in [0.2, 0.25) is 0 Å². The average molecular weight is 233 g/mol. The summed E-state index contributed by atoms with van der Waals surface area (Å²) in [4.78, 5) is 9.00. The van der Waals surface area contributed by atoms with Crippen LogP contribution < -0.4 is 5.32 Å². The molecule has 2 rings (SSSR count). The molecule has 1 aromatic rings. The van der Waals surface area contributed by atoms with Crippen LogP contribution in [-0.2, 0) is 0 Å². The zero-order valence-corrected chi connectivity index (χ0v) is 10.9. The van der Waals surface area contributed by atoms with Crippen molar-refractivity contribution >= 4 is 0 Å². The van der Waals surface area contributed by atoms with E-state index in [0.717, 1.165) is 17.9 Å². The van der Waals surface area contributed by atoms with Gasteiger partial charge in [-0.1, -0.05) is 26.2 Å². The Balaban J connectivity index is 2.12. The number of hydrogen-bond donors (Lipinski definition) is 1. The second-order valence-corrected chi connectivity index (χ2v) is 5.05. The SMILES string of the molecule is CCNC(c1ncc(C)cn1)C1CCCCC1. The Kier molecular flexibility index (Phi) is 4.49. The summed E-state index contributed by atoms with van der Waals surface area (Å²) in [5.74, 6) is 1.69. The molecular formula is C14H23N3. The van der Waals surface area contributed by atoms with E-state index in [1.54, 1.807) is 0 Å². The third-order valence-electron chi connectivity index (χ3n) is 3.62. The summed E-state index contributed by atoms with van der Waals surface area (Å²) in [6, 6.07) is 0.348. The van der Waals surface area contributed by atoms with Crippen molar-refractivity contribution < 1.29 is 0 Å². The minimum Gasteiger partial charge on any atom is -0.307 e. The highest BCUT2D eigenvalue weighted by Gasteiger charge is 2.26. The van der Waals surface area contributed by atoms with E-state index in [2.05, 4.69) is 22.2 Å². The summed E-state index contributed by atoms with van der Waals surface area (Å²) in [5, 5.41) is 3.56. The summed E-state index contributed by atoms with van der Waals surface area (Å²) in [6.45, 7) is 5.18. The fraction of sp³-hybridized carbons (Fsp3) is 0.714. The lowest BCUT2D eigenvalue weighted by Gasteiger charge is -2.29. The second-order valence-electron chi connectivity index (χ2n) is 5.05. The fourth-order valence-corrected chi connectivity index (χ4v) is 2.72. The van der Waals surface area contributed by atoms with Gasteiger partial charge in [-0.2, -0.15) is 0 Å². The first-order chi connectivity index (χ1) is 8.31. The predicted octanol–water partition coefficient (Wildman–Crippen LogP) is 3.02. The first-order valence-electron chi connectivity index (χ1n) is 6.83. The summed E-state index contributed by atoms with van der Waals surface area (Å²) >= 11 is 0. The van der Waals surface area contributed by atoms with Gasteiger partial charge in [-0.25, -0.2) is 9.97 Å². The van der Waals surface area contributed by atoms with E-state index in [1.165, 1.54) is 32.1 Å². The maximum atomic E-state index is 4.50. The number of nitrogens with one attached hydrogen (secondary N) is 1. The van der Waals surface area contributed by atoms with Crippen molar-refractivity contribution in [3.63, 3.8) is 0 Å². The molecule has 3 heteroatoms. The Morgan fingerprint density at radius 3 is 2.47 bits per heavy atom. The Morgan fingerprint density at radius 2 is 1.88 bits per heavy atom. The van der Waals surface area contributed by atoms with E-state index >= 15 is 0 Å². The molecule has 1 unspecified atom stereocenters. The average Bonchev–Trinajstić information content (AvgIpc) is 2.38. The lowest BCUT2D eigenvalue weighted by atomic mass is 9.83. The van der Waals surface area contributed by atoms with E-state index in [-0.39, 0.29) is 0 Å². The second kappa shape index (κ2) is 6.10. The lowest BCUT2D eigenvalue weighted by molar-refractivity contribution is 0.266. The normalized spacial score (nSPS) is 19.2. The zero-order chi connectivity index (χ0) is 12.1. The predicted molar refractivity (Wildman–Crippen MR) is 69.8 cm³/mol. The van der Waals surface area contributed by atoms with Crippen molar-refractivity contribution in [1.82, 2.24) is 15.3 Å². The molecule has 1 atom stereocenters. The molecule has 1 aliphatic rings. The summed E-state index contributed by atoms with van der Waals surface area (Å²) in [6.07, 6.45) is 10.6. The molecule has 3 nitrogen and oxygen atoms in total. The van der Waals surface area contributed by atoms with Crippen LogP contribution >= 0.6 is 0 Å². The molecule has 0 aliphatic heterocycles. The van der Waals surface area contributed by atoms with E-state index in [4.69, 9.17) is 0 Å². The van der Waals surface area contributed by atoms with Crippen molar-refractivity contribution in [3.8, 4) is 0 Å². The highest BCUT2D eigenvalue weighted by Crippen LogP contribution is 2.32. The molecule has 1 aliphatic carbocycles. The van der Waals surface area contributed by atoms with Crippen LogP contribution in [0.5, 0.6) is 0 Å². The first-order valence-corrected chi connectivity index (χ1v) is 6.83. The third kappa shape index (κ3) is 3.25. The van der Waals surface area contributed by atoms with Crippen LogP contribution in [0.3, 0.4) is 0 Å². The zero-order valence-electron chi connectivity index (χ0n) is 10.9. The Labute approximate surface area is 104 Å². The summed E-state index contributed by atoms with van der Waals surface area (Å²) < 4.78 is 0. The highest BCUT2D eigenvalue weighted by molar-refractivity contribution is 5.05. The minimum atomic E-state index is 0.348. The van der Waals surface area contributed by atoms with Gasteiger partial charge in [-0.05, 0) is 37.8 Å². The van der Waals surface area contributed by atoms with Crippen molar-refractivity contribution in [2.75, 3.05) is 6.54 Å². The van der Waals surface area contributed by atoms with E-state index in [9.17, 15) is 0 Å². The van der Waals surface area contributed by atoms with Gasteiger partial charge in [0.25, 0.3) is 0 Å². The standard InChI is InChI=1S/C14H23N3/c1-3-15-13(12-7-5-4-6-8-12)14-16-9-11(2)10-17-14/h9-10,12-13,15H,3-8H2,1-2H3. The smallest absolute Gasteiger partial charge is 0.145 e. The van der Waals surface area contributed by atoms with Crippen molar-refractivity contribution in [2.45, 2.75) is 52.0 Å². The Morgan fingerprint density at radius 1 is 1.24 bits per heavy atom. The Bertz CT molecular complexity index is 328. The van der Waals surface area contributed by atoms with Crippen LogP contribution in [-0.4, -0.2) is 16.5 Å². The van der Waals surface area contributed by atoms with Gasteiger partial charge in [0.05, 0.1) is 6.04 Å². The van der Waals surface area contributed by atoms with E-state index in [0.29, 0.717) is 12.0 Å². The van der Waals surface area contributed by atoms with Crippen LogP contribution in [0.4, 0.5) is 0 Å². The van der Waals surface area contributed by atoms with Crippen LogP contribution in [0.25, 0.3) is 0 Å². The van der Waals surface area contributed by atoms with Gasteiger partial charge in [0.1, 0.15) is 5.82 Å². The van der Waals surface area contributed by atoms with Gasteiger partial charge in [0.15, 0.2) is 0 Å². The minimum absolute atomic E-state index is 0.348. The van der Waals surface area contributed by atoms with Gasteiger partial charge in [0, 0.05) is 12.4 Å². The maximum Gasteiger partial charge on any atom is 0.145 e. The quantitative estimate of drug-likeness (QED) is 0.868. The molecule has 94 valence electrons. The molecule has 1 saturated carbocycles. The number of nitrogens with zero attached hydrogens (tertiary/aromatic N) is 2. The lowest BCUT2D eigenvalue weighted by Crippen LogP contribution is -2.31. The molecule has 17 heavy (non-hydrogen) atoms. The van der Waals surface area contributed by atoms with Crippen LogP contribution in [0.1, 0.15) is 56.5 Å². The topological polar surface area (TPSA) is 37.8 Å². The number of rotatable bonds is 4. The molecule has 1 fully saturated rings. The molecule has 1 aromatic heterocycles. The highest BCUT2D eigenvalue weighted by atomic mass is 15.0. The third-order valence-corrected chi connectivity index (χ3v) is 3.62. The van der Waals surface area contributed by atoms with Crippen molar-refractivity contribution in [3.05, 3.63) is 23.8 Å². The largest absolute Gasteiger partial charge is 0.307 e. The number of aryl methyl sites for hydroxylation is 1. The van der Waals surface area contributed by atoms with Gasteiger partial charge < -0.3 is 5.32 Å². The first kappa shape index (κ1) is 12.5. The maximum absolute atomic E-state index is 4.50. The number of aromatic nitrogens is 2. The van der Waals surface area contributed by atoms with Crippen LogP contribution in [0.15, 0.2) is 12.4 Å². The monoisotopic (exact) mass is 233 g/mol. The molecule has 0 aromatic carbocycles. The van der Waals surface area contributed by atoms with E-state index in [1.807, 2.05) is 19.3 Å². The number of hydrogen-bond acceptors (Lipinski definition) is 3. The molecule has 0 amide bonds. The van der Waals surface area contributed by atoms with Crippen LogP contribution in [0, 0.1) is 12.8 Å². The van der Waals surface area contributed by atoms with Gasteiger partial charge >= 0.3 is 0 Å². The van der Waals surface area contributed by atoms with Crippen molar-refractivity contribution in [1.29, 1.82) is 0 Å². The molecule has 1 N–H and O–H groups in total. The van der Waals surface area contributed by atoms with Crippen molar-refractivity contribution in [2.24, 2.45) is 5.92 Å².